The molecule has 3 saturated heterocycles. The molecule has 3 aliphatic heterocycles. The summed E-state index contributed by atoms with van der Waals surface area (Å²) in [5.41, 5.74) is -4.15. The predicted octanol–water partition coefficient (Wildman–Crippen LogP) is 2.94. The predicted molar refractivity (Wildman–Crippen MR) is 220 cm³/mol. The van der Waals surface area contributed by atoms with Crippen LogP contribution in [0.2, 0.25) is 0 Å². The zero-order chi connectivity index (χ0) is 44.2. The minimum absolute atomic E-state index is 0.0594. The van der Waals surface area contributed by atoms with Gasteiger partial charge in [0.15, 0.2) is 12.6 Å². The molecule has 3 rings (SSSR count). The average Bonchev–Trinajstić information content (AvgIpc) is 3.16. The molecule has 0 aliphatic carbocycles. The average molecular weight is 832 g/mol. The van der Waals surface area contributed by atoms with Crippen LogP contribution in [0.15, 0.2) is 0 Å². The third-order valence-corrected chi connectivity index (χ3v) is 13.7. The van der Waals surface area contributed by atoms with Gasteiger partial charge >= 0.3 is 5.97 Å². The lowest BCUT2D eigenvalue weighted by Crippen LogP contribution is -2.64. The van der Waals surface area contributed by atoms with Gasteiger partial charge < -0.3 is 63.2 Å². The van der Waals surface area contributed by atoms with Crippen molar-refractivity contribution in [1.29, 1.82) is 0 Å². The summed E-state index contributed by atoms with van der Waals surface area (Å²) >= 11 is 0. The number of hydrogen-bond donors (Lipinski definition) is 3. The fraction of sp³-hybridized carbons (Fsp3) is 0.953. The summed E-state index contributed by atoms with van der Waals surface area (Å²) < 4.78 is 45.5. The van der Waals surface area contributed by atoms with Crippen LogP contribution in [0.25, 0.3) is 0 Å². The molecule has 3 aliphatic rings. The Labute approximate surface area is 349 Å². The molecule has 3 N–H and O–H groups in total. The minimum Gasteiger partial charge on any atom is -0.459 e. The minimum atomic E-state index is -1.95. The summed E-state index contributed by atoms with van der Waals surface area (Å²) in [6.45, 7) is 19.3. The summed E-state index contributed by atoms with van der Waals surface area (Å²) in [6.07, 6.45) is -6.66. The molecule has 0 amide bonds. The molecule has 15 heteroatoms. The molecule has 0 aromatic rings. The maximum atomic E-state index is 14.4. The number of cyclic esters (lactones) is 1. The second-order valence-corrected chi connectivity index (χ2v) is 18.9. The summed E-state index contributed by atoms with van der Waals surface area (Å²) in [5, 5.41) is 34.4. The Bertz CT molecular complexity index is 1320. The molecule has 340 valence electrons. The molecule has 58 heavy (non-hydrogen) atoms. The third-order valence-electron chi connectivity index (χ3n) is 13.7. The molecule has 0 unspecified atom stereocenters. The zero-order valence-electron chi connectivity index (χ0n) is 38.8. The smallest absolute Gasteiger partial charge is 0.311 e. The lowest BCUT2D eigenvalue weighted by atomic mass is 9.73. The van der Waals surface area contributed by atoms with Gasteiger partial charge in [0.05, 0.1) is 53.7 Å². The highest BCUT2D eigenvalue weighted by Gasteiger charge is 2.54. The highest BCUT2D eigenvalue weighted by Crippen LogP contribution is 2.42. The Morgan fingerprint density at radius 1 is 0.810 bits per heavy atom. The van der Waals surface area contributed by atoms with Crippen molar-refractivity contribution in [1.82, 2.24) is 14.7 Å². The van der Waals surface area contributed by atoms with E-state index in [1.807, 2.05) is 34.9 Å². The van der Waals surface area contributed by atoms with Gasteiger partial charge in [0.1, 0.15) is 23.6 Å². The second-order valence-electron chi connectivity index (χ2n) is 18.9. The van der Waals surface area contributed by atoms with Crippen molar-refractivity contribution in [3.8, 4) is 0 Å². The van der Waals surface area contributed by atoms with Crippen molar-refractivity contribution in [3.63, 3.8) is 0 Å². The lowest BCUT2D eigenvalue weighted by molar-refractivity contribution is -0.314. The van der Waals surface area contributed by atoms with Crippen molar-refractivity contribution >= 4 is 11.8 Å². The molecule has 0 bridgehead atoms. The molecular formula is C43H81N3O12. The number of nitrogens with zero attached hydrogens (tertiary/aromatic N) is 3. The summed E-state index contributed by atoms with van der Waals surface area (Å²) in [5.74, 6) is -4.22. The van der Waals surface area contributed by atoms with Gasteiger partial charge in [-0.3, -0.25) is 9.59 Å². The number of likely N-dealkylation sites (N-methyl/N-ethyl adjacent to an activating group) is 3. The van der Waals surface area contributed by atoms with Crippen LogP contribution in [-0.4, -0.2) is 189 Å². The quantitative estimate of drug-likeness (QED) is 0.246. The van der Waals surface area contributed by atoms with E-state index in [0.717, 1.165) is 19.5 Å². The molecule has 3 heterocycles. The number of aliphatic hydroxyl groups is 3. The first-order chi connectivity index (χ1) is 26.8. The van der Waals surface area contributed by atoms with Crippen LogP contribution in [0, 0.1) is 23.7 Å². The molecule has 0 radical (unpaired) electrons. The van der Waals surface area contributed by atoms with Crippen molar-refractivity contribution < 1.29 is 58.1 Å². The van der Waals surface area contributed by atoms with Gasteiger partial charge in [-0.15, -0.1) is 0 Å². The Kier molecular flexibility index (Phi) is 18.2. The van der Waals surface area contributed by atoms with Crippen molar-refractivity contribution in [2.24, 2.45) is 23.7 Å². The summed E-state index contributed by atoms with van der Waals surface area (Å²) in [4.78, 5) is 35.2. The standard InChI is InChI=1S/C43H81N3O12/c1-18-31-43(10,51)36(48)26(4)34(47)24(2)22-42(9,53-17)38(58-40-33(45(13)14)30(21-25(3)54-40)46(15)20-19-44(11)12)27(5)35(28(6)39(50)56-31)57-32-23-41(8,52-16)37(49)29(7)55-32/h24-33,35-38,40,48-49,51H,18-23H2,1-17H3/t24-,25-,26+,27+,28-,29+,30-,31-,32+,33+,35+,36-,37+,38-,40+,41-,42+,43-/m1/s1. The Hall–Kier alpha value is -1.34. The number of hydrogen-bond acceptors (Lipinski definition) is 15. The van der Waals surface area contributed by atoms with Gasteiger partial charge in [-0.2, -0.15) is 0 Å². The fourth-order valence-corrected chi connectivity index (χ4v) is 9.62. The monoisotopic (exact) mass is 832 g/mol. The molecule has 18 atom stereocenters. The van der Waals surface area contributed by atoms with Gasteiger partial charge in [0.25, 0.3) is 0 Å². The maximum absolute atomic E-state index is 14.4. The fourth-order valence-electron chi connectivity index (χ4n) is 9.62. The van der Waals surface area contributed by atoms with Gasteiger partial charge in [0, 0.05) is 57.5 Å². The van der Waals surface area contributed by atoms with E-state index in [9.17, 15) is 24.9 Å². The normalized spacial score (nSPS) is 45.4. The molecule has 0 spiro atoms. The van der Waals surface area contributed by atoms with Gasteiger partial charge in [0.2, 0.25) is 0 Å². The van der Waals surface area contributed by atoms with E-state index in [0.29, 0.717) is 0 Å². The van der Waals surface area contributed by atoms with Crippen molar-refractivity contribution in [3.05, 3.63) is 0 Å². The number of esters is 1. The largest absolute Gasteiger partial charge is 0.459 e. The van der Waals surface area contributed by atoms with E-state index in [4.69, 9.17) is 33.2 Å². The first-order valence-corrected chi connectivity index (χ1v) is 21.4. The molecule has 0 aromatic carbocycles. The highest BCUT2D eigenvalue weighted by molar-refractivity contribution is 5.83. The second kappa shape index (κ2) is 20.7. The van der Waals surface area contributed by atoms with E-state index >= 15 is 0 Å². The SMILES string of the molecule is CC[C@H]1OC(=O)[C@H](C)[C@@H](O[C@H]2C[C@@](C)(OC)[C@@H](O)[C@H](C)O2)[C@H](C)[C@@H](O[C@@H]2O[C@H](C)C[C@@H](N(C)CCN(C)C)[C@@H]2N(C)C)[C@@](C)(OC)C[C@@H](C)C(=O)[C@H](C)[C@@H](O)[C@]1(C)O. The first kappa shape index (κ1) is 51.0. The van der Waals surface area contributed by atoms with E-state index < -0.39 is 95.6 Å². The molecular weight excluding hydrogens is 750 g/mol. The number of carbonyl (C=O) groups is 2. The van der Waals surface area contributed by atoms with Crippen molar-refractivity contribution in [2.45, 2.75) is 179 Å². The van der Waals surface area contributed by atoms with E-state index in [1.165, 1.54) is 14.0 Å². The summed E-state index contributed by atoms with van der Waals surface area (Å²) in [7, 11) is 13.4. The third kappa shape index (κ3) is 11.4. The number of ketones is 1. The van der Waals surface area contributed by atoms with Crippen molar-refractivity contribution in [2.75, 3.05) is 62.5 Å². The van der Waals surface area contributed by atoms with Crippen LogP contribution in [0.3, 0.4) is 0 Å². The molecule has 0 saturated carbocycles. The number of rotatable bonds is 12. The molecule has 0 aromatic heterocycles. The van der Waals surface area contributed by atoms with Gasteiger partial charge in [-0.25, -0.2) is 0 Å². The maximum Gasteiger partial charge on any atom is 0.311 e. The van der Waals surface area contributed by atoms with Crippen LogP contribution in [-0.2, 0) is 42.7 Å². The topological polar surface area (TPSA) is 169 Å². The van der Waals surface area contributed by atoms with Crippen LogP contribution >= 0.6 is 0 Å². The van der Waals surface area contributed by atoms with Gasteiger partial charge in [-0.1, -0.05) is 27.7 Å². The van der Waals surface area contributed by atoms with Crippen LogP contribution in [0.1, 0.15) is 94.9 Å². The van der Waals surface area contributed by atoms with E-state index in [1.54, 1.807) is 48.7 Å². The number of methoxy groups -OCH3 is 2. The van der Waals surface area contributed by atoms with Crippen LogP contribution < -0.4 is 0 Å². The summed E-state index contributed by atoms with van der Waals surface area (Å²) in [6, 6.07) is -0.163. The zero-order valence-corrected chi connectivity index (χ0v) is 38.8. The van der Waals surface area contributed by atoms with E-state index in [-0.39, 0.29) is 43.2 Å². The Balaban J connectivity index is 2.26. The van der Waals surface area contributed by atoms with Crippen LogP contribution in [0.4, 0.5) is 0 Å². The lowest BCUT2D eigenvalue weighted by Gasteiger charge is -2.51. The van der Waals surface area contributed by atoms with E-state index in [2.05, 4.69) is 35.8 Å². The number of Topliss-reactive ketones (excluding diaryl/α,β-unsaturated/α-hetero) is 1. The Morgan fingerprint density at radius 3 is 1.95 bits per heavy atom. The molecule has 3 fully saturated rings. The first-order valence-electron chi connectivity index (χ1n) is 21.4. The number of ether oxygens (including phenoxy) is 7. The molecule has 15 nitrogen and oxygen atoms in total. The van der Waals surface area contributed by atoms with Gasteiger partial charge in [-0.05, 0) is 96.0 Å². The van der Waals surface area contributed by atoms with Crippen LogP contribution in [0.5, 0.6) is 0 Å². The number of aliphatic hydroxyl groups excluding tert-OH is 2. The number of carbonyl (C=O) groups excluding carboxylic acids is 2. The Morgan fingerprint density at radius 2 is 1.41 bits per heavy atom. The highest BCUT2D eigenvalue weighted by atomic mass is 16.7.